The maximum absolute atomic E-state index is 12.9. The fourth-order valence-electron chi connectivity index (χ4n) is 3.81. The summed E-state index contributed by atoms with van der Waals surface area (Å²) in [5.74, 6) is -0.593. The number of hydrogen-bond donors (Lipinski definition) is 1. The minimum absolute atomic E-state index is 0.0532. The lowest BCUT2D eigenvalue weighted by atomic mass is 9.86. The van der Waals surface area contributed by atoms with Gasteiger partial charge < -0.3 is 10.1 Å². The Labute approximate surface area is 189 Å². The number of hydrogen-bond acceptors (Lipinski definition) is 5. The third-order valence-corrected chi connectivity index (χ3v) is 7.76. The van der Waals surface area contributed by atoms with Crippen molar-refractivity contribution < 1.29 is 22.7 Å². The first-order chi connectivity index (χ1) is 15.2. The lowest BCUT2D eigenvalue weighted by Crippen LogP contribution is -2.45. The Bertz CT molecular complexity index is 1040. The molecule has 1 aliphatic carbocycles. The minimum atomic E-state index is -3.78. The molecule has 0 bridgehead atoms. The lowest BCUT2D eigenvalue weighted by molar-refractivity contribution is -0.130. The molecule has 0 aliphatic heterocycles. The number of para-hydroxylation sites is 1. The number of anilines is 1. The van der Waals surface area contributed by atoms with Crippen LogP contribution in [-0.4, -0.2) is 39.5 Å². The summed E-state index contributed by atoms with van der Waals surface area (Å²) in [6.07, 6.45) is 3.32. The van der Waals surface area contributed by atoms with Gasteiger partial charge in [-0.25, -0.2) is 13.2 Å². The van der Waals surface area contributed by atoms with Gasteiger partial charge in [0.15, 0.2) is 6.10 Å². The first kappa shape index (κ1) is 23.8. The summed E-state index contributed by atoms with van der Waals surface area (Å²) in [6.45, 7) is 3.65. The van der Waals surface area contributed by atoms with Crippen molar-refractivity contribution in [3.05, 3.63) is 60.2 Å². The van der Waals surface area contributed by atoms with Gasteiger partial charge in [0.25, 0.3) is 15.9 Å². The predicted molar refractivity (Wildman–Crippen MR) is 123 cm³/mol. The standard InChI is InChI=1S/C24H30N2O5S/c1-17-9-7-8-12-22(17)25-23(27)18(2)31-24(28)19-13-15-21(16-14-19)32(29,30)26(3)20-10-5-4-6-11-20/h4-6,10-11,13-18,22H,7-9,12H2,1-3H3,(H,25,27)/t17-,18+,22+/m1/s1. The molecule has 1 fully saturated rings. The smallest absolute Gasteiger partial charge is 0.338 e. The molecule has 32 heavy (non-hydrogen) atoms. The van der Waals surface area contributed by atoms with Crippen molar-refractivity contribution in [3.63, 3.8) is 0 Å². The third kappa shape index (κ3) is 5.48. The van der Waals surface area contributed by atoms with Crippen LogP contribution in [0.5, 0.6) is 0 Å². The zero-order valence-corrected chi connectivity index (χ0v) is 19.5. The largest absolute Gasteiger partial charge is 0.449 e. The van der Waals surface area contributed by atoms with Crippen molar-refractivity contribution in [1.29, 1.82) is 0 Å². The van der Waals surface area contributed by atoms with Gasteiger partial charge in [-0.3, -0.25) is 9.10 Å². The van der Waals surface area contributed by atoms with Crippen LogP contribution in [0.2, 0.25) is 0 Å². The molecule has 7 nitrogen and oxygen atoms in total. The van der Waals surface area contributed by atoms with Crippen molar-refractivity contribution >= 4 is 27.6 Å². The molecular formula is C24H30N2O5S. The first-order valence-corrected chi connectivity index (χ1v) is 12.3. The van der Waals surface area contributed by atoms with Crippen molar-refractivity contribution in [2.24, 2.45) is 5.92 Å². The van der Waals surface area contributed by atoms with Crippen LogP contribution in [0.4, 0.5) is 5.69 Å². The number of carbonyl (C=O) groups excluding carboxylic acids is 2. The van der Waals surface area contributed by atoms with Crippen LogP contribution >= 0.6 is 0 Å². The van der Waals surface area contributed by atoms with Crippen molar-refractivity contribution in [1.82, 2.24) is 5.32 Å². The molecule has 8 heteroatoms. The van der Waals surface area contributed by atoms with Gasteiger partial charge in [0.2, 0.25) is 0 Å². The van der Waals surface area contributed by atoms with Crippen LogP contribution in [0.1, 0.15) is 49.9 Å². The first-order valence-electron chi connectivity index (χ1n) is 10.9. The van der Waals surface area contributed by atoms with E-state index in [1.165, 1.54) is 49.0 Å². The average molecular weight is 459 g/mol. The highest BCUT2D eigenvalue weighted by molar-refractivity contribution is 7.92. The molecule has 1 aliphatic rings. The number of esters is 1. The fraction of sp³-hybridized carbons (Fsp3) is 0.417. The van der Waals surface area contributed by atoms with Gasteiger partial charge in [-0.1, -0.05) is 38.0 Å². The van der Waals surface area contributed by atoms with E-state index in [9.17, 15) is 18.0 Å². The lowest BCUT2D eigenvalue weighted by Gasteiger charge is -2.30. The van der Waals surface area contributed by atoms with Gasteiger partial charge in [-0.2, -0.15) is 0 Å². The van der Waals surface area contributed by atoms with Gasteiger partial charge in [0.1, 0.15) is 0 Å². The second-order valence-corrected chi connectivity index (χ2v) is 10.2. The average Bonchev–Trinajstić information content (AvgIpc) is 2.80. The number of nitrogens with one attached hydrogen (secondary N) is 1. The molecular weight excluding hydrogens is 428 g/mol. The molecule has 3 rings (SSSR count). The second-order valence-electron chi connectivity index (χ2n) is 8.26. The molecule has 0 aromatic heterocycles. The number of amides is 1. The van der Waals surface area contributed by atoms with Crippen LogP contribution in [0, 0.1) is 5.92 Å². The van der Waals surface area contributed by atoms with E-state index in [-0.39, 0.29) is 22.4 Å². The number of rotatable bonds is 7. The quantitative estimate of drug-likeness (QED) is 0.638. The van der Waals surface area contributed by atoms with E-state index in [1.54, 1.807) is 30.3 Å². The highest BCUT2D eigenvalue weighted by Crippen LogP contribution is 2.24. The SMILES string of the molecule is C[C@H](OC(=O)c1ccc(S(=O)(=O)N(C)c2ccccc2)cc1)C(=O)N[C@H]1CCCC[C@H]1C. The molecule has 3 atom stereocenters. The van der Waals surface area contributed by atoms with Gasteiger partial charge in [0, 0.05) is 13.1 Å². The molecule has 2 aromatic carbocycles. The van der Waals surface area contributed by atoms with Crippen LogP contribution in [0.15, 0.2) is 59.5 Å². The van der Waals surface area contributed by atoms with E-state index in [4.69, 9.17) is 4.74 Å². The monoisotopic (exact) mass is 458 g/mol. The normalized spacial score (nSPS) is 19.6. The topological polar surface area (TPSA) is 92.8 Å². The number of carbonyl (C=O) groups is 2. The van der Waals surface area contributed by atoms with Gasteiger partial charge in [-0.15, -0.1) is 0 Å². The maximum Gasteiger partial charge on any atom is 0.338 e. The Morgan fingerprint density at radius 1 is 1.03 bits per heavy atom. The summed E-state index contributed by atoms with van der Waals surface area (Å²) >= 11 is 0. The number of sulfonamides is 1. The predicted octanol–water partition coefficient (Wildman–Crippen LogP) is 3.75. The van der Waals surface area contributed by atoms with Gasteiger partial charge in [-0.05, 0) is 62.1 Å². The molecule has 1 saturated carbocycles. The van der Waals surface area contributed by atoms with Crippen molar-refractivity contribution in [2.45, 2.75) is 56.6 Å². The Morgan fingerprint density at radius 2 is 1.66 bits per heavy atom. The van der Waals surface area contributed by atoms with Crippen molar-refractivity contribution in [2.75, 3.05) is 11.4 Å². The molecule has 0 radical (unpaired) electrons. The summed E-state index contributed by atoms with van der Waals surface area (Å²) in [5.41, 5.74) is 0.708. The van der Waals surface area contributed by atoms with Crippen LogP contribution in [0.25, 0.3) is 0 Å². The number of benzene rings is 2. The second kappa shape index (κ2) is 10.2. The van der Waals surface area contributed by atoms with Gasteiger partial charge >= 0.3 is 5.97 Å². The molecule has 1 N–H and O–H groups in total. The Hall–Kier alpha value is -2.87. The van der Waals surface area contributed by atoms with E-state index in [1.807, 2.05) is 0 Å². The minimum Gasteiger partial charge on any atom is -0.449 e. The molecule has 0 unspecified atom stereocenters. The summed E-state index contributed by atoms with van der Waals surface area (Å²) in [4.78, 5) is 25.0. The summed E-state index contributed by atoms with van der Waals surface area (Å²) in [5, 5.41) is 2.98. The highest BCUT2D eigenvalue weighted by atomic mass is 32.2. The van der Waals surface area contributed by atoms with Crippen LogP contribution in [-0.2, 0) is 19.6 Å². The molecule has 0 saturated heterocycles. The molecule has 2 aromatic rings. The fourth-order valence-corrected chi connectivity index (χ4v) is 5.01. The molecule has 172 valence electrons. The Morgan fingerprint density at radius 3 is 2.28 bits per heavy atom. The highest BCUT2D eigenvalue weighted by Gasteiger charge is 2.27. The van der Waals surface area contributed by atoms with E-state index >= 15 is 0 Å². The molecule has 0 heterocycles. The Balaban J connectivity index is 1.62. The summed E-state index contributed by atoms with van der Waals surface area (Å²) < 4.78 is 32.2. The zero-order valence-electron chi connectivity index (χ0n) is 18.7. The van der Waals surface area contributed by atoms with E-state index in [0.29, 0.717) is 11.6 Å². The summed E-state index contributed by atoms with van der Waals surface area (Å²) in [7, 11) is -2.30. The van der Waals surface area contributed by atoms with Crippen LogP contribution < -0.4 is 9.62 Å². The third-order valence-electron chi connectivity index (χ3n) is 5.96. The van der Waals surface area contributed by atoms with E-state index in [0.717, 1.165) is 19.3 Å². The Kier molecular flexibility index (Phi) is 7.56. The summed E-state index contributed by atoms with van der Waals surface area (Å²) in [6, 6.07) is 14.3. The zero-order chi connectivity index (χ0) is 23.3. The number of nitrogens with zero attached hydrogens (tertiary/aromatic N) is 1. The molecule has 0 spiro atoms. The maximum atomic E-state index is 12.9. The van der Waals surface area contributed by atoms with E-state index < -0.39 is 22.1 Å². The number of ether oxygens (including phenoxy) is 1. The molecule has 1 amide bonds. The van der Waals surface area contributed by atoms with E-state index in [2.05, 4.69) is 12.2 Å². The van der Waals surface area contributed by atoms with Crippen LogP contribution in [0.3, 0.4) is 0 Å². The van der Waals surface area contributed by atoms with Gasteiger partial charge in [0.05, 0.1) is 16.1 Å². The van der Waals surface area contributed by atoms with Crippen molar-refractivity contribution in [3.8, 4) is 0 Å².